The third-order valence-corrected chi connectivity index (χ3v) is 4.72. The van der Waals surface area contributed by atoms with Gasteiger partial charge in [0, 0.05) is 0 Å². The summed E-state index contributed by atoms with van der Waals surface area (Å²) in [5.41, 5.74) is 9.37. The second kappa shape index (κ2) is 7.49. The van der Waals surface area contributed by atoms with Crippen LogP contribution in [-0.4, -0.2) is 0 Å². The van der Waals surface area contributed by atoms with E-state index in [-0.39, 0.29) is 0 Å². The molecule has 2 heteroatoms. The van der Waals surface area contributed by atoms with E-state index in [1.165, 1.54) is 38.9 Å². The first kappa shape index (κ1) is 16.6. The Morgan fingerprint density at radius 1 is 0.857 bits per heavy atom. The molecule has 0 unspecified atom stereocenters. The summed E-state index contributed by atoms with van der Waals surface area (Å²) in [7, 11) is 0. The molecule has 0 N–H and O–H groups in total. The third-order valence-electron chi connectivity index (χ3n) is 4.31. The summed E-state index contributed by atoms with van der Waals surface area (Å²) in [4.78, 5) is 0. The molecule has 0 aromatic heterocycles. The molecule has 0 bridgehead atoms. The van der Waals surface area contributed by atoms with E-state index in [0.717, 1.165) is 38.1 Å². The van der Waals surface area contributed by atoms with Crippen LogP contribution < -0.4 is 0 Å². The minimum atomic E-state index is 0.740. The van der Waals surface area contributed by atoms with Crippen LogP contribution in [-0.2, 0) is 40.1 Å². The van der Waals surface area contributed by atoms with E-state index in [0.29, 0.717) is 0 Å². The van der Waals surface area contributed by atoms with Crippen LogP contribution in [0.1, 0.15) is 38.9 Å². The summed E-state index contributed by atoms with van der Waals surface area (Å²) < 4.78 is 5.48. The van der Waals surface area contributed by atoms with Crippen LogP contribution in [0, 0.1) is 27.7 Å². The van der Waals surface area contributed by atoms with Crippen molar-refractivity contribution in [3.05, 3.63) is 69.3 Å². The minimum absolute atomic E-state index is 0.740. The Balaban J connectivity index is 2.48. The van der Waals surface area contributed by atoms with Gasteiger partial charge in [0.05, 0.1) is 0 Å². The van der Waals surface area contributed by atoms with Gasteiger partial charge in [-0.3, -0.25) is 0 Å². The zero-order valence-electron chi connectivity index (χ0n) is 13.2. The Bertz CT molecular complexity index is 628. The monoisotopic (exact) mass is 354 g/mol. The molecule has 0 spiro atoms. The molecule has 0 heterocycles. The maximum atomic E-state index is 5.48. The predicted octanol–water partition coefficient (Wildman–Crippen LogP) is 5.07. The van der Waals surface area contributed by atoms with Gasteiger partial charge in [-0.25, -0.2) is 0 Å². The standard InChI is InChI=1S/C19H21O.Y/c1-13-15(3)19(12-20)16(4)14(2)18(13)11-10-17-8-6-5-7-9-17;/h5-11H,12H2,1-4H3;/q-1;+1/b11-10+;. The quantitative estimate of drug-likeness (QED) is 0.697. The fraction of sp³-hybridized carbons (Fsp3) is 0.263. The van der Waals surface area contributed by atoms with E-state index < -0.39 is 0 Å². The van der Waals surface area contributed by atoms with Gasteiger partial charge in [-0.05, 0) is 0 Å². The summed E-state index contributed by atoms with van der Waals surface area (Å²) >= 11 is 0.847. The van der Waals surface area contributed by atoms with Crippen LogP contribution in [0.2, 0.25) is 0 Å². The van der Waals surface area contributed by atoms with Gasteiger partial charge in [0.15, 0.2) is 0 Å². The SMILES string of the molecule is Cc1c(C)c(C[O][Y])c(C)c(C)c1/C=C/c1ccccc1. The molecule has 0 aliphatic rings. The topological polar surface area (TPSA) is 9.23 Å². The first-order chi connectivity index (χ1) is 10.1. The molecule has 0 fully saturated rings. The van der Waals surface area contributed by atoms with E-state index in [9.17, 15) is 0 Å². The maximum absolute atomic E-state index is 5.48. The van der Waals surface area contributed by atoms with Crippen molar-refractivity contribution < 1.29 is 33.5 Å². The fourth-order valence-corrected chi connectivity index (χ4v) is 3.12. The summed E-state index contributed by atoms with van der Waals surface area (Å²) in [6.07, 6.45) is 4.43. The number of benzene rings is 2. The van der Waals surface area contributed by atoms with E-state index >= 15 is 0 Å². The summed E-state index contributed by atoms with van der Waals surface area (Å²) in [6, 6.07) is 10.4. The fourth-order valence-electron chi connectivity index (χ4n) is 2.71. The normalized spacial score (nSPS) is 11.2. The molecule has 2 aromatic carbocycles. The van der Waals surface area contributed by atoms with Gasteiger partial charge in [0.2, 0.25) is 0 Å². The molecule has 0 atom stereocenters. The van der Waals surface area contributed by atoms with Gasteiger partial charge in [-0.2, -0.15) is 0 Å². The van der Waals surface area contributed by atoms with Gasteiger partial charge in [0.25, 0.3) is 0 Å². The number of hydrogen-bond donors (Lipinski definition) is 0. The molecule has 0 radical (unpaired) electrons. The van der Waals surface area contributed by atoms with Crippen LogP contribution >= 0.6 is 0 Å². The molecular weight excluding hydrogens is 333 g/mol. The third kappa shape index (κ3) is 3.72. The van der Waals surface area contributed by atoms with Crippen LogP contribution in [0.3, 0.4) is 0 Å². The Morgan fingerprint density at radius 2 is 1.43 bits per heavy atom. The van der Waals surface area contributed by atoms with Crippen molar-refractivity contribution in [3.8, 4) is 0 Å². The summed E-state index contributed by atoms with van der Waals surface area (Å²) in [5.74, 6) is 0. The average molecular weight is 354 g/mol. The number of hydrogen-bond acceptors (Lipinski definition) is 1. The molecule has 106 valence electrons. The zero-order valence-corrected chi connectivity index (χ0v) is 16.1. The molecular formula is C19H21OY. The van der Waals surface area contributed by atoms with Gasteiger partial charge in [-0.1, -0.05) is 0 Å². The Morgan fingerprint density at radius 3 is 1.95 bits per heavy atom. The van der Waals surface area contributed by atoms with Gasteiger partial charge in [0.1, 0.15) is 0 Å². The van der Waals surface area contributed by atoms with Crippen molar-refractivity contribution in [1.82, 2.24) is 0 Å². The van der Waals surface area contributed by atoms with Crippen molar-refractivity contribution in [2.45, 2.75) is 34.3 Å². The molecule has 0 aliphatic carbocycles. The van der Waals surface area contributed by atoms with E-state index in [1.54, 1.807) is 0 Å². The van der Waals surface area contributed by atoms with Crippen molar-refractivity contribution in [1.29, 1.82) is 0 Å². The molecule has 0 amide bonds. The van der Waals surface area contributed by atoms with Crippen molar-refractivity contribution in [2.75, 3.05) is 0 Å². The molecule has 21 heavy (non-hydrogen) atoms. The van der Waals surface area contributed by atoms with Crippen molar-refractivity contribution >= 4 is 12.2 Å². The molecule has 2 rings (SSSR count). The number of rotatable bonds is 4. The molecule has 2 aromatic rings. The first-order valence-corrected chi connectivity index (χ1v) is 8.36. The molecule has 0 aliphatic heterocycles. The van der Waals surface area contributed by atoms with Crippen molar-refractivity contribution in [3.63, 3.8) is 0 Å². The van der Waals surface area contributed by atoms with Crippen LogP contribution in [0.25, 0.3) is 12.2 Å². The molecule has 0 saturated heterocycles. The Hall–Kier alpha value is -0.756. The van der Waals surface area contributed by atoms with Gasteiger partial charge < -0.3 is 0 Å². The van der Waals surface area contributed by atoms with Crippen LogP contribution in [0.5, 0.6) is 0 Å². The van der Waals surface area contributed by atoms with Crippen LogP contribution in [0.4, 0.5) is 0 Å². The second-order valence-corrected chi connectivity index (χ2v) is 6.27. The average Bonchev–Trinajstić information content (AvgIpc) is 2.51. The van der Waals surface area contributed by atoms with E-state index in [2.05, 4.69) is 64.1 Å². The summed E-state index contributed by atoms with van der Waals surface area (Å²) in [5, 5.41) is 0. The first-order valence-electron chi connectivity index (χ1n) is 7.20. The van der Waals surface area contributed by atoms with E-state index in [4.69, 9.17) is 2.05 Å². The van der Waals surface area contributed by atoms with Crippen LogP contribution in [0.15, 0.2) is 30.3 Å². The zero-order chi connectivity index (χ0) is 15.4. The van der Waals surface area contributed by atoms with Gasteiger partial charge in [-0.15, -0.1) is 0 Å². The van der Waals surface area contributed by atoms with Crippen molar-refractivity contribution in [2.24, 2.45) is 0 Å². The Kier molecular flexibility index (Phi) is 5.92. The predicted molar refractivity (Wildman–Crippen MR) is 85.5 cm³/mol. The summed E-state index contributed by atoms with van der Waals surface area (Å²) in [6.45, 7) is 9.57. The molecule has 1 nitrogen and oxygen atoms in total. The second-order valence-electron chi connectivity index (χ2n) is 5.45. The van der Waals surface area contributed by atoms with Gasteiger partial charge >= 0.3 is 149 Å². The van der Waals surface area contributed by atoms with E-state index in [1.807, 2.05) is 6.07 Å². The molecule has 0 saturated carbocycles. The Labute approximate surface area is 148 Å².